The van der Waals surface area contributed by atoms with Crippen LogP contribution in [-0.4, -0.2) is 67.0 Å². The van der Waals surface area contributed by atoms with Gasteiger partial charge in [-0.2, -0.15) is 0 Å². The molecular formula is C28H31NO11. The summed E-state index contributed by atoms with van der Waals surface area (Å²) in [6.45, 7) is 4.46. The van der Waals surface area contributed by atoms with Gasteiger partial charge in [0.2, 0.25) is 6.29 Å². The van der Waals surface area contributed by atoms with Crippen molar-refractivity contribution in [2.45, 2.75) is 64.9 Å². The van der Waals surface area contributed by atoms with Gasteiger partial charge in [-0.15, -0.1) is 0 Å². The van der Waals surface area contributed by atoms with Crippen LogP contribution in [0.1, 0.15) is 43.6 Å². The van der Waals surface area contributed by atoms with Crippen molar-refractivity contribution in [3.8, 4) is 5.75 Å². The maximum Gasteiger partial charge on any atom is 0.305 e. The van der Waals surface area contributed by atoms with Crippen LogP contribution in [0.3, 0.4) is 0 Å². The van der Waals surface area contributed by atoms with Crippen LogP contribution in [-0.2, 0) is 49.5 Å². The number of carbonyl (C=O) groups excluding carboxylic acids is 5. The van der Waals surface area contributed by atoms with E-state index in [1.54, 1.807) is 12.1 Å². The molecule has 1 saturated heterocycles. The van der Waals surface area contributed by atoms with E-state index in [0.29, 0.717) is 12.4 Å². The first-order valence-electron chi connectivity index (χ1n) is 12.4. The first-order chi connectivity index (χ1) is 19.0. The third-order valence-corrected chi connectivity index (χ3v) is 5.65. The minimum Gasteiger partial charge on any atom is -0.489 e. The number of amides is 1. The molecule has 12 heteroatoms. The molecule has 0 aliphatic carbocycles. The van der Waals surface area contributed by atoms with Crippen LogP contribution in [0.4, 0.5) is 0 Å². The van der Waals surface area contributed by atoms with E-state index in [9.17, 15) is 24.0 Å². The maximum absolute atomic E-state index is 13.2. The SMILES string of the molecule is CC(=O)OC[C@H]1OC(OC(C)=O)[C@H](NC(=O)c2ccc(OCc3ccccc3)cc2)[C@@H](OC(C)=O)[C@@H]1OC(C)=O. The van der Waals surface area contributed by atoms with Crippen LogP contribution in [0, 0.1) is 0 Å². The van der Waals surface area contributed by atoms with Crippen LogP contribution in [0.25, 0.3) is 0 Å². The second-order valence-electron chi connectivity index (χ2n) is 8.90. The zero-order chi connectivity index (χ0) is 29.2. The van der Waals surface area contributed by atoms with E-state index < -0.39 is 67.0 Å². The fourth-order valence-electron chi connectivity index (χ4n) is 4.00. The van der Waals surface area contributed by atoms with Gasteiger partial charge in [0, 0.05) is 33.3 Å². The summed E-state index contributed by atoms with van der Waals surface area (Å²) in [4.78, 5) is 60.4. The third-order valence-electron chi connectivity index (χ3n) is 5.65. The first kappa shape index (κ1) is 30.1. The monoisotopic (exact) mass is 557 g/mol. The number of nitrogens with one attached hydrogen (secondary N) is 1. The Bertz CT molecular complexity index is 1200. The quantitative estimate of drug-likeness (QED) is 0.337. The van der Waals surface area contributed by atoms with Crippen LogP contribution in [0.2, 0.25) is 0 Å². The summed E-state index contributed by atoms with van der Waals surface area (Å²) in [5.74, 6) is -3.03. The Morgan fingerprint density at radius 2 is 1.35 bits per heavy atom. The molecular weight excluding hydrogens is 526 g/mol. The second-order valence-corrected chi connectivity index (χ2v) is 8.90. The van der Waals surface area contributed by atoms with Gasteiger partial charge in [0.1, 0.15) is 31.1 Å². The molecule has 2 aromatic carbocycles. The lowest BCUT2D eigenvalue weighted by Gasteiger charge is -2.44. The summed E-state index contributed by atoms with van der Waals surface area (Å²) < 4.78 is 32.6. The number of hydrogen-bond donors (Lipinski definition) is 1. The van der Waals surface area contributed by atoms with Crippen LogP contribution >= 0.6 is 0 Å². The predicted octanol–water partition coefficient (Wildman–Crippen LogP) is 2.08. The fraction of sp³-hybridized carbons (Fsp3) is 0.393. The van der Waals surface area contributed by atoms with Crippen molar-refractivity contribution >= 4 is 29.8 Å². The fourth-order valence-corrected chi connectivity index (χ4v) is 4.00. The largest absolute Gasteiger partial charge is 0.489 e. The summed E-state index contributed by atoms with van der Waals surface area (Å²) >= 11 is 0. The van der Waals surface area contributed by atoms with Crippen molar-refractivity contribution in [2.24, 2.45) is 0 Å². The summed E-state index contributed by atoms with van der Waals surface area (Å²) in [6.07, 6.45) is -5.34. The zero-order valence-corrected chi connectivity index (χ0v) is 22.5. The number of benzene rings is 2. The molecule has 0 spiro atoms. The normalized spacial score (nSPS) is 21.9. The van der Waals surface area contributed by atoms with Crippen molar-refractivity contribution < 1.29 is 52.4 Å². The van der Waals surface area contributed by atoms with Gasteiger partial charge in [0.25, 0.3) is 5.91 Å². The minimum absolute atomic E-state index is 0.210. The Morgan fingerprint density at radius 3 is 1.93 bits per heavy atom. The number of ether oxygens (including phenoxy) is 6. The van der Waals surface area contributed by atoms with Gasteiger partial charge < -0.3 is 33.7 Å². The highest BCUT2D eigenvalue weighted by Crippen LogP contribution is 2.28. The summed E-state index contributed by atoms with van der Waals surface area (Å²) in [5.41, 5.74) is 1.19. The van der Waals surface area contributed by atoms with E-state index in [0.717, 1.165) is 33.3 Å². The van der Waals surface area contributed by atoms with Crippen molar-refractivity contribution in [3.05, 3.63) is 65.7 Å². The van der Waals surface area contributed by atoms with Gasteiger partial charge in [-0.1, -0.05) is 30.3 Å². The minimum atomic E-state index is -1.48. The smallest absolute Gasteiger partial charge is 0.305 e. The molecule has 1 aliphatic heterocycles. The summed E-state index contributed by atoms with van der Waals surface area (Å²) in [7, 11) is 0. The van der Waals surface area contributed by atoms with Gasteiger partial charge in [-0.05, 0) is 29.8 Å². The number of rotatable bonds is 10. The molecule has 5 atom stereocenters. The molecule has 12 nitrogen and oxygen atoms in total. The molecule has 3 rings (SSSR count). The van der Waals surface area contributed by atoms with Crippen molar-refractivity contribution in [2.75, 3.05) is 6.61 Å². The molecule has 0 aromatic heterocycles. The number of hydrogen-bond acceptors (Lipinski definition) is 11. The average molecular weight is 558 g/mol. The van der Waals surface area contributed by atoms with E-state index in [1.165, 1.54) is 12.1 Å². The van der Waals surface area contributed by atoms with Crippen molar-refractivity contribution in [1.82, 2.24) is 5.32 Å². The van der Waals surface area contributed by atoms with Gasteiger partial charge in [0.15, 0.2) is 12.2 Å². The molecule has 40 heavy (non-hydrogen) atoms. The maximum atomic E-state index is 13.2. The van der Waals surface area contributed by atoms with E-state index in [-0.39, 0.29) is 5.56 Å². The van der Waals surface area contributed by atoms with Crippen molar-refractivity contribution in [1.29, 1.82) is 0 Å². The summed E-state index contributed by atoms with van der Waals surface area (Å²) in [6, 6.07) is 14.5. The topological polar surface area (TPSA) is 153 Å². The van der Waals surface area contributed by atoms with Gasteiger partial charge in [-0.25, -0.2) is 0 Å². The highest BCUT2D eigenvalue weighted by atomic mass is 16.7. The molecule has 214 valence electrons. The Morgan fingerprint density at radius 1 is 0.750 bits per heavy atom. The molecule has 2 aromatic rings. The van der Waals surface area contributed by atoms with Crippen LogP contribution < -0.4 is 10.1 Å². The number of carbonyl (C=O) groups is 5. The van der Waals surface area contributed by atoms with Crippen molar-refractivity contribution in [3.63, 3.8) is 0 Å². The highest BCUT2D eigenvalue weighted by Gasteiger charge is 2.52. The van der Waals surface area contributed by atoms with Gasteiger partial charge >= 0.3 is 23.9 Å². The molecule has 1 unspecified atom stereocenters. The van der Waals surface area contributed by atoms with Crippen LogP contribution in [0.15, 0.2) is 54.6 Å². The molecule has 1 N–H and O–H groups in total. The lowest BCUT2D eigenvalue weighted by atomic mass is 9.95. The van der Waals surface area contributed by atoms with E-state index in [4.69, 9.17) is 28.4 Å². The Labute approximate surface area is 230 Å². The second kappa shape index (κ2) is 14.1. The molecule has 1 fully saturated rings. The Kier molecular flexibility index (Phi) is 10.6. The lowest BCUT2D eigenvalue weighted by Crippen LogP contribution is -2.67. The average Bonchev–Trinajstić information content (AvgIpc) is 2.89. The highest BCUT2D eigenvalue weighted by molar-refractivity contribution is 5.94. The molecule has 0 saturated carbocycles. The predicted molar refractivity (Wildman–Crippen MR) is 137 cm³/mol. The lowest BCUT2D eigenvalue weighted by molar-refractivity contribution is -0.270. The summed E-state index contributed by atoms with van der Waals surface area (Å²) in [5, 5.41) is 2.65. The van der Waals surface area contributed by atoms with Gasteiger partial charge in [-0.3, -0.25) is 24.0 Å². The molecule has 1 amide bonds. The van der Waals surface area contributed by atoms with E-state index in [2.05, 4.69) is 5.32 Å². The molecule has 0 bridgehead atoms. The Hall–Kier alpha value is -4.45. The molecule has 0 radical (unpaired) electrons. The van der Waals surface area contributed by atoms with Gasteiger partial charge in [0.05, 0.1) is 0 Å². The zero-order valence-electron chi connectivity index (χ0n) is 22.5. The standard InChI is InChI=1S/C28H31NO11/c1-16(30)35-15-23-25(37-17(2)31)26(38-18(3)32)24(28(40-23)39-19(4)33)29-27(34)21-10-12-22(13-11-21)36-14-20-8-6-5-7-9-20/h5-13,23-26,28H,14-15H2,1-4H3,(H,29,34)/t23-,24-,25-,26-,28?/m1/s1. The first-order valence-corrected chi connectivity index (χ1v) is 12.4. The third kappa shape index (κ3) is 8.80. The van der Waals surface area contributed by atoms with Crippen LogP contribution in [0.5, 0.6) is 5.75 Å². The van der Waals surface area contributed by atoms with E-state index in [1.807, 2.05) is 30.3 Å². The number of esters is 4. The Balaban J connectivity index is 1.83. The molecule has 1 aliphatic rings. The van der Waals surface area contributed by atoms with E-state index >= 15 is 0 Å². The molecule has 1 heterocycles.